The van der Waals surface area contributed by atoms with Crippen molar-refractivity contribution in [1.29, 1.82) is 0 Å². The molecule has 0 saturated carbocycles. The van der Waals surface area contributed by atoms with Gasteiger partial charge in [-0.25, -0.2) is 0 Å². The molecule has 8 nitrogen and oxygen atoms in total. The molecular weight excluding hydrogens is 280 g/mol. The number of nitro groups is 1. The molecule has 1 aromatic rings. The van der Waals surface area contributed by atoms with Crippen LogP contribution < -0.4 is 5.32 Å². The summed E-state index contributed by atoms with van der Waals surface area (Å²) in [6.07, 6.45) is -1.03. The number of ether oxygens (including phenoxy) is 1. The summed E-state index contributed by atoms with van der Waals surface area (Å²) in [5, 5.41) is 22.0. The van der Waals surface area contributed by atoms with Crippen molar-refractivity contribution in [2.24, 2.45) is 0 Å². The Morgan fingerprint density at radius 2 is 2.10 bits per heavy atom. The first-order valence-electron chi connectivity index (χ1n) is 6.17. The van der Waals surface area contributed by atoms with Crippen molar-refractivity contribution in [3.63, 3.8) is 0 Å². The number of benzene rings is 1. The van der Waals surface area contributed by atoms with Crippen LogP contribution in [0.25, 0.3) is 0 Å². The van der Waals surface area contributed by atoms with E-state index in [-0.39, 0.29) is 25.1 Å². The van der Waals surface area contributed by atoms with Gasteiger partial charge in [0.2, 0.25) is 5.91 Å². The maximum atomic E-state index is 11.8. The van der Waals surface area contributed by atoms with Crippen LogP contribution in [0.1, 0.15) is 12.0 Å². The lowest BCUT2D eigenvalue weighted by Gasteiger charge is -2.13. The van der Waals surface area contributed by atoms with E-state index in [4.69, 9.17) is 9.84 Å². The average molecular weight is 296 g/mol. The SMILES string of the molecule is COC(CNC(=O)Cc1ccccc1[N+](=O)[O-])CC(=O)O. The van der Waals surface area contributed by atoms with Gasteiger partial charge in [-0.3, -0.25) is 19.7 Å². The maximum Gasteiger partial charge on any atom is 0.306 e. The van der Waals surface area contributed by atoms with E-state index in [0.717, 1.165) is 0 Å². The van der Waals surface area contributed by atoms with Crippen LogP contribution in [0.15, 0.2) is 24.3 Å². The van der Waals surface area contributed by atoms with Gasteiger partial charge in [0, 0.05) is 25.3 Å². The molecule has 0 saturated heterocycles. The zero-order chi connectivity index (χ0) is 15.8. The number of hydrogen-bond acceptors (Lipinski definition) is 5. The van der Waals surface area contributed by atoms with Gasteiger partial charge in [0.25, 0.3) is 5.69 Å². The van der Waals surface area contributed by atoms with Crippen LogP contribution in [0.4, 0.5) is 5.69 Å². The molecule has 1 unspecified atom stereocenters. The largest absolute Gasteiger partial charge is 0.481 e. The van der Waals surface area contributed by atoms with Crippen molar-refractivity contribution < 1.29 is 24.4 Å². The number of carboxylic acids is 1. The molecule has 0 aliphatic heterocycles. The molecule has 0 radical (unpaired) electrons. The van der Waals surface area contributed by atoms with Gasteiger partial charge in [-0.2, -0.15) is 0 Å². The second-order valence-corrected chi connectivity index (χ2v) is 4.32. The topological polar surface area (TPSA) is 119 Å². The molecule has 1 aromatic carbocycles. The van der Waals surface area contributed by atoms with E-state index in [9.17, 15) is 19.7 Å². The standard InChI is InChI=1S/C13H16N2O6/c1-21-10(7-13(17)18)8-14-12(16)6-9-4-2-3-5-11(9)15(19)20/h2-5,10H,6-8H2,1H3,(H,14,16)(H,17,18). The van der Waals surface area contributed by atoms with Crippen molar-refractivity contribution in [3.8, 4) is 0 Å². The Labute approximate surface area is 120 Å². The number of carbonyl (C=O) groups excluding carboxylic acids is 1. The minimum Gasteiger partial charge on any atom is -0.481 e. The third-order valence-electron chi connectivity index (χ3n) is 2.80. The predicted octanol–water partition coefficient (Wildman–Crippen LogP) is 0.743. The van der Waals surface area contributed by atoms with Crippen LogP contribution in [0.5, 0.6) is 0 Å². The Balaban J connectivity index is 2.58. The number of methoxy groups -OCH3 is 1. The molecule has 114 valence electrons. The molecule has 21 heavy (non-hydrogen) atoms. The molecule has 0 aliphatic carbocycles. The smallest absolute Gasteiger partial charge is 0.306 e. The summed E-state index contributed by atoms with van der Waals surface area (Å²) in [7, 11) is 1.35. The van der Waals surface area contributed by atoms with E-state index in [1.165, 1.54) is 25.3 Å². The number of carbonyl (C=O) groups is 2. The number of nitrogens with zero attached hydrogens (tertiary/aromatic N) is 1. The quantitative estimate of drug-likeness (QED) is 0.539. The Morgan fingerprint density at radius 3 is 2.67 bits per heavy atom. The number of aliphatic carboxylic acids is 1. The number of nitro benzene ring substituents is 1. The number of para-hydroxylation sites is 1. The molecule has 0 bridgehead atoms. The Morgan fingerprint density at radius 1 is 1.43 bits per heavy atom. The molecule has 1 amide bonds. The highest BCUT2D eigenvalue weighted by Gasteiger charge is 2.17. The minimum absolute atomic E-state index is 0.0300. The van der Waals surface area contributed by atoms with Crippen molar-refractivity contribution >= 4 is 17.6 Å². The van der Waals surface area contributed by atoms with E-state index < -0.39 is 22.9 Å². The van der Waals surface area contributed by atoms with E-state index in [2.05, 4.69) is 5.32 Å². The van der Waals surface area contributed by atoms with Crippen LogP contribution in [0.2, 0.25) is 0 Å². The zero-order valence-corrected chi connectivity index (χ0v) is 11.4. The summed E-state index contributed by atoms with van der Waals surface area (Å²) < 4.78 is 4.92. The fourth-order valence-electron chi connectivity index (χ4n) is 1.74. The summed E-state index contributed by atoms with van der Waals surface area (Å²) in [5.41, 5.74) is 0.175. The van der Waals surface area contributed by atoms with Crippen LogP contribution in [0, 0.1) is 10.1 Å². The fraction of sp³-hybridized carbons (Fsp3) is 0.385. The predicted molar refractivity (Wildman–Crippen MR) is 72.9 cm³/mol. The molecule has 0 heterocycles. The first-order chi connectivity index (χ1) is 9.93. The summed E-state index contributed by atoms with van der Waals surface area (Å²) in [4.78, 5) is 32.6. The highest BCUT2D eigenvalue weighted by Crippen LogP contribution is 2.17. The van der Waals surface area contributed by atoms with Gasteiger partial charge in [-0.1, -0.05) is 18.2 Å². The van der Waals surface area contributed by atoms with Crippen LogP contribution in [0.3, 0.4) is 0 Å². The minimum atomic E-state index is -1.03. The molecule has 0 spiro atoms. The molecule has 1 rings (SSSR count). The fourth-order valence-corrected chi connectivity index (χ4v) is 1.74. The molecule has 0 aromatic heterocycles. The van der Waals surface area contributed by atoms with Crippen molar-refractivity contribution in [2.75, 3.05) is 13.7 Å². The van der Waals surface area contributed by atoms with Crippen molar-refractivity contribution in [3.05, 3.63) is 39.9 Å². The van der Waals surface area contributed by atoms with Crippen LogP contribution in [-0.4, -0.2) is 41.7 Å². The first kappa shape index (κ1) is 16.6. The Hall–Kier alpha value is -2.48. The Bertz CT molecular complexity index is 531. The summed E-state index contributed by atoms with van der Waals surface area (Å²) in [6.45, 7) is 0.0300. The van der Waals surface area contributed by atoms with Gasteiger partial charge in [-0.15, -0.1) is 0 Å². The molecule has 0 fully saturated rings. The van der Waals surface area contributed by atoms with Crippen LogP contribution >= 0.6 is 0 Å². The highest BCUT2D eigenvalue weighted by atomic mass is 16.6. The molecule has 1 atom stereocenters. The number of amides is 1. The van der Waals surface area contributed by atoms with Crippen molar-refractivity contribution in [1.82, 2.24) is 5.32 Å². The Kier molecular flexibility index (Phi) is 6.28. The van der Waals surface area contributed by atoms with Crippen molar-refractivity contribution in [2.45, 2.75) is 18.9 Å². The van der Waals surface area contributed by atoms with Gasteiger partial charge in [0.1, 0.15) is 0 Å². The monoisotopic (exact) mass is 296 g/mol. The summed E-state index contributed by atoms with van der Waals surface area (Å²) in [6, 6.07) is 5.96. The van der Waals surface area contributed by atoms with E-state index in [0.29, 0.717) is 5.56 Å². The van der Waals surface area contributed by atoms with E-state index >= 15 is 0 Å². The van der Waals surface area contributed by atoms with Gasteiger partial charge < -0.3 is 15.2 Å². The van der Waals surface area contributed by atoms with Gasteiger partial charge in [-0.05, 0) is 0 Å². The van der Waals surface area contributed by atoms with Gasteiger partial charge in [0.15, 0.2) is 0 Å². The number of carboxylic acid groups (broad SMARTS) is 1. The van der Waals surface area contributed by atoms with E-state index in [1.54, 1.807) is 6.07 Å². The number of rotatable bonds is 8. The lowest BCUT2D eigenvalue weighted by atomic mass is 10.1. The number of nitrogens with one attached hydrogen (secondary N) is 1. The second-order valence-electron chi connectivity index (χ2n) is 4.32. The summed E-state index contributed by atoms with van der Waals surface area (Å²) in [5.74, 6) is -1.47. The average Bonchev–Trinajstić information content (AvgIpc) is 2.43. The van der Waals surface area contributed by atoms with Gasteiger partial charge >= 0.3 is 5.97 Å². The molecule has 0 aliphatic rings. The third-order valence-corrected chi connectivity index (χ3v) is 2.80. The maximum absolute atomic E-state index is 11.8. The lowest BCUT2D eigenvalue weighted by molar-refractivity contribution is -0.385. The third kappa shape index (κ3) is 5.57. The zero-order valence-electron chi connectivity index (χ0n) is 11.4. The molecule has 8 heteroatoms. The number of hydrogen-bond donors (Lipinski definition) is 2. The first-order valence-corrected chi connectivity index (χ1v) is 6.17. The van der Waals surface area contributed by atoms with Gasteiger partial charge in [0.05, 0.1) is 23.9 Å². The lowest BCUT2D eigenvalue weighted by Crippen LogP contribution is -2.35. The second kappa shape index (κ2) is 7.95. The van der Waals surface area contributed by atoms with Crippen LogP contribution in [-0.2, 0) is 20.7 Å². The summed E-state index contributed by atoms with van der Waals surface area (Å²) >= 11 is 0. The molecule has 2 N–H and O–H groups in total. The highest BCUT2D eigenvalue weighted by molar-refractivity contribution is 5.79. The normalized spacial score (nSPS) is 11.7. The van der Waals surface area contributed by atoms with E-state index in [1.807, 2.05) is 0 Å². The molecular formula is C13H16N2O6.